The second-order valence-corrected chi connectivity index (χ2v) is 8.35. The molecule has 1 unspecified atom stereocenters. The van der Waals surface area contributed by atoms with Crippen molar-refractivity contribution in [3.8, 4) is 0 Å². The van der Waals surface area contributed by atoms with Gasteiger partial charge in [-0.25, -0.2) is 9.18 Å². The largest absolute Gasteiger partial charge is 0.368 e. The Hall–Kier alpha value is -3.20. The number of amides is 4. The number of pyridine rings is 1. The molecule has 8 nitrogen and oxygen atoms in total. The van der Waals surface area contributed by atoms with Crippen molar-refractivity contribution in [3.05, 3.63) is 58.6 Å². The van der Waals surface area contributed by atoms with Crippen LogP contribution >= 0.6 is 11.6 Å². The van der Waals surface area contributed by atoms with E-state index in [9.17, 15) is 18.8 Å². The fraction of sp³-hybridized carbons (Fsp3) is 0.364. The first-order valence-corrected chi connectivity index (χ1v) is 10.7. The lowest BCUT2D eigenvalue weighted by atomic mass is 9.88. The molecule has 0 bridgehead atoms. The van der Waals surface area contributed by atoms with Crippen LogP contribution in [-0.4, -0.2) is 53.9 Å². The predicted octanol–water partition coefficient (Wildman–Crippen LogP) is 2.35. The number of imide groups is 1. The van der Waals surface area contributed by atoms with Crippen molar-refractivity contribution in [2.75, 3.05) is 31.1 Å². The summed E-state index contributed by atoms with van der Waals surface area (Å²) in [7, 11) is 0. The number of benzene rings is 1. The fourth-order valence-electron chi connectivity index (χ4n) is 4.11. The molecule has 4 amide bonds. The first kappa shape index (κ1) is 22.0. The van der Waals surface area contributed by atoms with Gasteiger partial charge in [-0.05, 0) is 43.7 Å². The summed E-state index contributed by atoms with van der Waals surface area (Å²) in [5.41, 5.74) is 0.551. The number of hydrogen-bond acceptors (Lipinski definition) is 5. The summed E-state index contributed by atoms with van der Waals surface area (Å²) in [6, 6.07) is 9.21. The van der Waals surface area contributed by atoms with Crippen molar-refractivity contribution in [2.45, 2.75) is 25.3 Å². The molecule has 168 valence electrons. The number of carbonyl (C=O) groups excluding carboxylic acids is 3. The van der Waals surface area contributed by atoms with Crippen LogP contribution < -0.4 is 15.5 Å². The molecular weight excluding hydrogens is 437 g/mol. The Balaban J connectivity index is 1.41. The number of rotatable bonds is 5. The van der Waals surface area contributed by atoms with Crippen LogP contribution in [0.4, 0.5) is 14.9 Å². The van der Waals surface area contributed by atoms with E-state index in [0.717, 1.165) is 5.69 Å². The third-order valence-electron chi connectivity index (χ3n) is 5.88. The summed E-state index contributed by atoms with van der Waals surface area (Å²) in [5.74, 6) is -1.08. The van der Waals surface area contributed by atoms with Gasteiger partial charge in [0.15, 0.2) is 5.54 Å². The zero-order valence-corrected chi connectivity index (χ0v) is 18.3. The lowest BCUT2D eigenvalue weighted by Crippen LogP contribution is -2.50. The highest BCUT2D eigenvalue weighted by Gasteiger charge is 2.49. The van der Waals surface area contributed by atoms with Gasteiger partial charge < -0.3 is 15.1 Å². The molecule has 0 saturated carbocycles. The standard InChI is InChI=1S/C22H23ClFN5O3/c1-14-3-2-4-18(25-14)22(20(31)26-21(32)27-22)8-7-19(30)29-11-9-28(10-12-29)15-5-6-17(24)16(23)13-15/h2-6,13H,7-12H2,1H3,(H2,26,27,31,32). The molecule has 2 fully saturated rings. The third-order valence-corrected chi connectivity index (χ3v) is 6.17. The number of nitrogens with zero attached hydrogens (tertiary/aromatic N) is 3. The number of piperazine rings is 1. The number of aryl methyl sites for hydroxylation is 1. The van der Waals surface area contributed by atoms with Crippen LogP contribution in [0.2, 0.25) is 5.02 Å². The Bertz CT molecular complexity index is 1070. The molecule has 2 saturated heterocycles. The van der Waals surface area contributed by atoms with Crippen molar-refractivity contribution in [3.63, 3.8) is 0 Å². The average Bonchev–Trinajstić information content (AvgIpc) is 3.08. The van der Waals surface area contributed by atoms with Crippen molar-refractivity contribution in [1.29, 1.82) is 0 Å². The predicted molar refractivity (Wildman–Crippen MR) is 117 cm³/mol. The van der Waals surface area contributed by atoms with E-state index < -0.39 is 23.3 Å². The van der Waals surface area contributed by atoms with Crippen LogP contribution in [0.3, 0.4) is 0 Å². The van der Waals surface area contributed by atoms with Gasteiger partial charge in [-0.1, -0.05) is 17.7 Å². The number of urea groups is 1. The van der Waals surface area contributed by atoms with Crippen LogP contribution in [0.15, 0.2) is 36.4 Å². The van der Waals surface area contributed by atoms with Crippen LogP contribution in [0.5, 0.6) is 0 Å². The molecular formula is C22H23ClFN5O3. The zero-order valence-electron chi connectivity index (χ0n) is 17.5. The molecule has 3 heterocycles. The van der Waals surface area contributed by atoms with Crippen molar-refractivity contribution >= 4 is 35.1 Å². The van der Waals surface area contributed by atoms with E-state index in [1.165, 1.54) is 6.07 Å². The second-order valence-electron chi connectivity index (χ2n) is 7.94. The van der Waals surface area contributed by atoms with Crippen molar-refractivity contribution < 1.29 is 18.8 Å². The van der Waals surface area contributed by atoms with E-state index in [1.54, 1.807) is 42.2 Å². The molecule has 32 heavy (non-hydrogen) atoms. The molecule has 2 aliphatic rings. The summed E-state index contributed by atoms with van der Waals surface area (Å²) in [4.78, 5) is 45.6. The molecule has 1 atom stereocenters. The van der Waals surface area contributed by atoms with Crippen LogP contribution in [0.25, 0.3) is 0 Å². The van der Waals surface area contributed by atoms with Crippen LogP contribution in [0, 0.1) is 12.7 Å². The maximum Gasteiger partial charge on any atom is 0.322 e. The maximum atomic E-state index is 13.4. The van der Waals surface area contributed by atoms with Gasteiger partial charge in [0.25, 0.3) is 5.91 Å². The lowest BCUT2D eigenvalue weighted by Gasteiger charge is -2.36. The van der Waals surface area contributed by atoms with Crippen LogP contribution in [-0.2, 0) is 15.1 Å². The minimum absolute atomic E-state index is 0.0629. The van der Waals surface area contributed by atoms with Gasteiger partial charge in [-0.2, -0.15) is 0 Å². The highest BCUT2D eigenvalue weighted by molar-refractivity contribution is 6.31. The first-order valence-electron chi connectivity index (χ1n) is 10.3. The summed E-state index contributed by atoms with van der Waals surface area (Å²) in [6.45, 7) is 3.93. The lowest BCUT2D eigenvalue weighted by molar-refractivity contribution is -0.132. The molecule has 1 aromatic carbocycles. The van der Waals surface area contributed by atoms with Crippen molar-refractivity contribution in [1.82, 2.24) is 20.5 Å². The maximum absolute atomic E-state index is 13.4. The van der Waals surface area contributed by atoms with Gasteiger partial charge in [0.05, 0.1) is 10.7 Å². The zero-order chi connectivity index (χ0) is 22.9. The summed E-state index contributed by atoms with van der Waals surface area (Å²) < 4.78 is 13.4. The number of hydrogen-bond donors (Lipinski definition) is 2. The van der Waals surface area contributed by atoms with E-state index in [4.69, 9.17) is 11.6 Å². The molecule has 2 N–H and O–H groups in total. The fourth-order valence-corrected chi connectivity index (χ4v) is 4.28. The highest BCUT2D eigenvalue weighted by atomic mass is 35.5. The first-order chi connectivity index (χ1) is 15.3. The van der Waals surface area contributed by atoms with E-state index in [1.807, 2.05) is 4.90 Å². The normalized spacial score (nSPS) is 20.8. The van der Waals surface area contributed by atoms with E-state index in [0.29, 0.717) is 37.6 Å². The molecule has 4 rings (SSSR count). The Morgan fingerprint density at radius 2 is 1.94 bits per heavy atom. The second kappa shape index (κ2) is 8.74. The van der Waals surface area contributed by atoms with E-state index in [2.05, 4.69) is 15.6 Å². The Kier molecular flexibility index (Phi) is 6.01. The molecule has 2 aromatic rings. The van der Waals surface area contributed by atoms with E-state index >= 15 is 0 Å². The number of halogens is 2. The van der Waals surface area contributed by atoms with Gasteiger partial charge in [0, 0.05) is 44.0 Å². The number of nitrogens with one attached hydrogen (secondary N) is 2. The quantitative estimate of drug-likeness (QED) is 0.669. The third kappa shape index (κ3) is 4.25. The highest BCUT2D eigenvalue weighted by Crippen LogP contribution is 2.30. The van der Waals surface area contributed by atoms with Crippen LogP contribution in [0.1, 0.15) is 24.2 Å². The van der Waals surface area contributed by atoms with Gasteiger partial charge in [0.1, 0.15) is 5.82 Å². The molecule has 0 spiro atoms. The average molecular weight is 460 g/mol. The minimum atomic E-state index is -1.37. The summed E-state index contributed by atoms with van der Waals surface area (Å²) >= 11 is 5.88. The molecule has 10 heteroatoms. The molecule has 2 aliphatic heterocycles. The SMILES string of the molecule is Cc1cccc(C2(CCC(=O)N3CCN(c4ccc(F)c(Cl)c4)CC3)NC(=O)NC2=O)n1. The number of carbonyl (C=O) groups is 3. The minimum Gasteiger partial charge on any atom is -0.368 e. The topological polar surface area (TPSA) is 94.6 Å². The summed E-state index contributed by atoms with van der Waals surface area (Å²) in [6.07, 6.45) is 0.180. The van der Waals surface area contributed by atoms with E-state index in [-0.39, 0.29) is 23.8 Å². The van der Waals surface area contributed by atoms with Gasteiger partial charge in [-0.3, -0.25) is 19.9 Å². The van der Waals surface area contributed by atoms with Gasteiger partial charge >= 0.3 is 6.03 Å². The molecule has 0 aliphatic carbocycles. The number of anilines is 1. The Morgan fingerprint density at radius 3 is 2.56 bits per heavy atom. The smallest absolute Gasteiger partial charge is 0.322 e. The van der Waals surface area contributed by atoms with Gasteiger partial charge in [-0.15, -0.1) is 0 Å². The number of aromatic nitrogens is 1. The van der Waals surface area contributed by atoms with Crippen molar-refractivity contribution in [2.24, 2.45) is 0 Å². The Labute approximate surface area is 189 Å². The van der Waals surface area contributed by atoms with Gasteiger partial charge in [0.2, 0.25) is 5.91 Å². The molecule has 0 radical (unpaired) electrons. The molecule has 1 aromatic heterocycles. The Morgan fingerprint density at radius 1 is 1.19 bits per heavy atom. The summed E-state index contributed by atoms with van der Waals surface area (Å²) in [5, 5.41) is 5.00. The monoisotopic (exact) mass is 459 g/mol.